The highest BCUT2D eigenvalue weighted by atomic mass is 16.6. The molecule has 140 valence electrons. The molecule has 0 spiro atoms. The minimum absolute atomic E-state index is 0.127. The predicted molar refractivity (Wildman–Crippen MR) is 90.8 cm³/mol. The molecule has 1 saturated heterocycles. The molecule has 9 heteroatoms. The van der Waals surface area contributed by atoms with Crippen LogP contribution >= 0.6 is 0 Å². The summed E-state index contributed by atoms with van der Waals surface area (Å²) in [6.07, 6.45) is 3.83. The van der Waals surface area contributed by atoms with Gasteiger partial charge in [0.1, 0.15) is 11.6 Å². The smallest absolute Gasteiger partial charge is 0.410 e. The van der Waals surface area contributed by atoms with Gasteiger partial charge in [-0.1, -0.05) is 0 Å². The molecule has 9 nitrogen and oxygen atoms in total. The van der Waals surface area contributed by atoms with Crippen LogP contribution in [0.1, 0.15) is 20.8 Å². The van der Waals surface area contributed by atoms with Crippen molar-refractivity contribution in [2.24, 2.45) is 0 Å². The number of amides is 2. The Balaban J connectivity index is 1.78. The summed E-state index contributed by atoms with van der Waals surface area (Å²) in [7, 11) is 0. The van der Waals surface area contributed by atoms with Gasteiger partial charge in [0.25, 0.3) is 0 Å². The average Bonchev–Trinajstić information content (AvgIpc) is 3.04. The maximum Gasteiger partial charge on any atom is 0.410 e. The van der Waals surface area contributed by atoms with Crippen molar-refractivity contribution in [1.82, 2.24) is 25.1 Å². The Morgan fingerprint density at radius 2 is 2.24 bits per heavy atom. The minimum Gasteiger partial charge on any atom is -0.444 e. The molecule has 1 unspecified atom stereocenters. The van der Waals surface area contributed by atoms with Gasteiger partial charge < -0.3 is 29.9 Å². The third-order valence-corrected chi connectivity index (χ3v) is 3.64. The van der Waals surface area contributed by atoms with Crippen molar-refractivity contribution < 1.29 is 19.4 Å². The van der Waals surface area contributed by atoms with Crippen LogP contribution in [0.3, 0.4) is 0 Å². The van der Waals surface area contributed by atoms with E-state index in [1.807, 2.05) is 0 Å². The van der Waals surface area contributed by atoms with Crippen LogP contribution in [-0.4, -0.2) is 75.5 Å². The largest absolute Gasteiger partial charge is 0.444 e. The van der Waals surface area contributed by atoms with E-state index in [9.17, 15) is 14.7 Å². The van der Waals surface area contributed by atoms with Crippen LogP contribution in [0, 0.1) is 0 Å². The Morgan fingerprint density at radius 3 is 2.88 bits per heavy atom. The van der Waals surface area contributed by atoms with E-state index in [0.717, 1.165) is 0 Å². The van der Waals surface area contributed by atoms with Crippen molar-refractivity contribution in [3.05, 3.63) is 18.7 Å². The molecule has 0 saturated carbocycles. The topological polar surface area (TPSA) is 109 Å². The van der Waals surface area contributed by atoms with Gasteiger partial charge in [0, 0.05) is 38.6 Å². The van der Waals surface area contributed by atoms with E-state index in [0.29, 0.717) is 19.6 Å². The summed E-state index contributed by atoms with van der Waals surface area (Å²) < 4.78 is 7.08. The second-order valence-electron chi connectivity index (χ2n) is 7.09. The maximum atomic E-state index is 12.3. The highest BCUT2D eigenvalue weighted by molar-refractivity contribution is 5.83. The highest BCUT2D eigenvalue weighted by Gasteiger charge is 2.30. The van der Waals surface area contributed by atoms with E-state index >= 15 is 0 Å². The van der Waals surface area contributed by atoms with E-state index in [2.05, 4.69) is 15.6 Å². The Hall–Kier alpha value is -2.13. The number of hydrogen-bond donors (Lipinski definition) is 3. The van der Waals surface area contributed by atoms with Gasteiger partial charge in [-0.05, 0) is 20.8 Å². The van der Waals surface area contributed by atoms with Gasteiger partial charge in [-0.15, -0.1) is 0 Å². The van der Waals surface area contributed by atoms with Crippen molar-refractivity contribution >= 4 is 12.0 Å². The first-order valence-corrected chi connectivity index (χ1v) is 8.37. The van der Waals surface area contributed by atoms with Gasteiger partial charge in [-0.25, -0.2) is 9.78 Å². The molecule has 0 aromatic carbocycles. The molecule has 25 heavy (non-hydrogen) atoms. The van der Waals surface area contributed by atoms with E-state index in [1.165, 1.54) is 4.90 Å². The first-order valence-electron chi connectivity index (χ1n) is 8.37. The number of imidazole rings is 1. The monoisotopic (exact) mass is 353 g/mol. The molecule has 1 aliphatic heterocycles. The number of aromatic nitrogens is 2. The Bertz CT molecular complexity index is 570. The number of carbonyl (C=O) groups excluding carboxylic acids is 2. The van der Waals surface area contributed by atoms with Gasteiger partial charge in [0.05, 0.1) is 19.0 Å². The number of carbonyl (C=O) groups is 2. The zero-order valence-electron chi connectivity index (χ0n) is 14.9. The van der Waals surface area contributed by atoms with Crippen LogP contribution in [0.4, 0.5) is 4.79 Å². The van der Waals surface area contributed by atoms with E-state index in [4.69, 9.17) is 4.74 Å². The molecule has 1 fully saturated rings. The molecular weight excluding hydrogens is 326 g/mol. The lowest BCUT2D eigenvalue weighted by atomic mass is 10.2. The summed E-state index contributed by atoms with van der Waals surface area (Å²) >= 11 is 0. The number of ether oxygens (including phenoxy) is 1. The third-order valence-electron chi connectivity index (χ3n) is 3.64. The van der Waals surface area contributed by atoms with Crippen molar-refractivity contribution in [2.75, 3.05) is 26.2 Å². The Morgan fingerprint density at radius 1 is 1.48 bits per heavy atom. The standard InChI is InChI=1S/C16H27N5O4/c1-16(2,3)25-15(24)21-7-5-18-13(10-21)14(23)19-8-12(22)9-20-6-4-17-11-20/h4,6,11-13,18,22H,5,7-10H2,1-3H3,(H,19,23)/t12?,13-/m1/s1. The highest BCUT2D eigenvalue weighted by Crippen LogP contribution is 2.11. The van der Waals surface area contributed by atoms with Gasteiger partial charge in [-0.2, -0.15) is 0 Å². The second-order valence-corrected chi connectivity index (χ2v) is 7.09. The van der Waals surface area contributed by atoms with Crippen LogP contribution in [0.2, 0.25) is 0 Å². The van der Waals surface area contributed by atoms with Crippen LogP contribution in [0.25, 0.3) is 0 Å². The lowest BCUT2D eigenvalue weighted by molar-refractivity contribution is -0.124. The van der Waals surface area contributed by atoms with Gasteiger partial charge in [-0.3, -0.25) is 4.79 Å². The van der Waals surface area contributed by atoms with E-state index in [1.54, 1.807) is 44.1 Å². The molecule has 1 aliphatic rings. The van der Waals surface area contributed by atoms with Gasteiger partial charge in [0.15, 0.2) is 0 Å². The average molecular weight is 353 g/mol. The second kappa shape index (κ2) is 8.30. The zero-order valence-corrected chi connectivity index (χ0v) is 14.9. The number of nitrogens with zero attached hydrogens (tertiary/aromatic N) is 3. The lowest BCUT2D eigenvalue weighted by Crippen LogP contribution is -2.59. The SMILES string of the molecule is CC(C)(C)OC(=O)N1CCN[C@@H](C(=O)NCC(O)Cn2ccnc2)C1. The first kappa shape index (κ1) is 19.2. The van der Waals surface area contributed by atoms with Gasteiger partial charge in [0.2, 0.25) is 5.91 Å². The molecule has 2 rings (SSSR count). The Kier molecular flexibility index (Phi) is 6.38. The number of piperazine rings is 1. The lowest BCUT2D eigenvalue weighted by Gasteiger charge is -2.34. The number of rotatable bonds is 5. The van der Waals surface area contributed by atoms with E-state index < -0.39 is 23.8 Å². The normalized spacial score (nSPS) is 19.4. The summed E-state index contributed by atoms with van der Waals surface area (Å²) in [5.41, 5.74) is -0.572. The summed E-state index contributed by atoms with van der Waals surface area (Å²) in [5, 5.41) is 15.8. The third kappa shape index (κ3) is 6.35. The van der Waals surface area contributed by atoms with Crippen molar-refractivity contribution in [3.8, 4) is 0 Å². The molecule has 0 radical (unpaired) electrons. The summed E-state index contributed by atoms with van der Waals surface area (Å²) in [4.78, 5) is 29.8. The molecule has 1 aromatic rings. The van der Waals surface area contributed by atoms with Crippen LogP contribution in [0.5, 0.6) is 0 Å². The molecule has 0 bridgehead atoms. The Labute approximate surface area is 147 Å². The zero-order chi connectivity index (χ0) is 18.4. The molecule has 1 aromatic heterocycles. The number of hydrogen-bond acceptors (Lipinski definition) is 6. The van der Waals surface area contributed by atoms with Crippen LogP contribution in [0.15, 0.2) is 18.7 Å². The summed E-state index contributed by atoms with van der Waals surface area (Å²) in [6, 6.07) is -0.526. The molecule has 3 N–H and O–H groups in total. The molecule has 2 heterocycles. The maximum absolute atomic E-state index is 12.3. The predicted octanol–water partition coefficient (Wildman–Crippen LogP) is -0.431. The van der Waals surface area contributed by atoms with Gasteiger partial charge >= 0.3 is 6.09 Å². The van der Waals surface area contributed by atoms with Crippen LogP contribution in [-0.2, 0) is 16.1 Å². The first-order chi connectivity index (χ1) is 11.7. The van der Waals surface area contributed by atoms with E-state index in [-0.39, 0.29) is 19.0 Å². The number of nitrogens with one attached hydrogen (secondary N) is 2. The summed E-state index contributed by atoms with van der Waals surface area (Å²) in [6.45, 7) is 7.12. The minimum atomic E-state index is -0.719. The fourth-order valence-electron chi connectivity index (χ4n) is 2.46. The summed E-state index contributed by atoms with van der Waals surface area (Å²) in [5.74, 6) is -0.252. The quantitative estimate of drug-likeness (QED) is 0.663. The number of aliphatic hydroxyl groups is 1. The fraction of sp³-hybridized carbons (Fsp3) is 0.688. The van der Waals surface area contributed by atoms with Crippen molar-refractivity contribution in [2.45, 2.75) is 45.1 Å². The van der Waals surface area contributed by atoms with Crippen molar-refractivity contribution in [3.63, 3.8) is 0 Å². The fourth-order valence-corrected chi connectivity index (χ4v) is 2.46. The molecule has 2 amide bonds. The molecule has 0 aliphatic carbocycles. The van der Waals surface area contributed by atoms with Crippen LogP contribution < -0.4 is 10.6 Å². The molecular formula is C16H27N5O4. The number of aliphatic hydroxyl groups excluding tert-OH is 1. The van der Waals surface area contributed by atoms with Crippen molar-refractivity contribution in [1.29, 1.82) is 0 Å². The molecule has 2 atom stereocenters.